The third kappa shape index (κ3) is 6.44. The Kier molecular flexibility index (Phi) is 9.24. The summed E-state index contributed by atoms with van der Waals surface area (Å²) in [6.45, 7) is 19.6. The van der Waals surface area contributed by atoms with Crippen molar-refractivity contribution in [3.05, 3.63) is 108 Å². The van der Waals surface area contributed by atoms with Crippen molar-refractivity contribution in [3.8, 4) is 0 Å². The normalized spacial score (nSPS) is 13.6. The van der Waals surface area contributed by atoms with Gasteiger partial charge in [-0.25, -0.2) is 4.99 Å². The molecule has 0 aromatic heterocycles. The molecule has 28 heavy (non-hydrogen) atoms. The molecule has 3 nitrogen and oxygen atoms in total. The summed E-state index contributed by atoms with van der Waals surface area (Å²) in [5.74, 6) is 0. The largest absolute Gasteiger partial charge is 0.400 e. The van der Waals surface area contributed by atoms with Crippen LogP contribution in [-0.4, -0.2) is 5.71 Å². The van der Waals surface area contributed by atoms with Crippen molar-refractivity contribution in [2.24, 2.45) is 10.7 Å². The van der Waals surface area contributed by atoms with Gasteiger partial charge in [-0.05, 0) is 62.6 Å². The number of hydrogen-bond donors (Lipinski definition) is 2. The number of nitrogens with one attached hydrogen (secondary N) is 1. The highest BCUT2D eigenvalue weighted by atomic mass is 14.9. The first-order valence-electron chi connectivity index (χ1n) is 9.20. The molecule has 0 aliphatic carbocycles. The summed E-state index contributed by atoms with van der Waals surface area (Å²) in [5.41, 5.74) is 12.8. The summed E-state index contributed by atoms with van der Waals surface area (Å²) in [7, 11) is 0. The van der Waals surface area contributed by atoms with Gasteiger partial charge < -0.3 is 11.1 Å². The summed E-state index contributed by atoms with van der Waals surface area (Å²) in [6.07, 6.45) is 13.3. The van der Waals surface area contributed by atoms with Crippen LogP contribution in [0.3, 0.4) is 0 Å². The Labute approximate surface area is 169 Å². The summed E-state index contributed by atoms with van der Waals surface area (Å²) < 4.78 is 0. The number of anilines is 1. The van der Waals surface area contributed by atoms with Gasteiger partial charge in [0, 0.05) is 11.4 Å². The maximum absolute atomic E-state index is 6.11. The SMILES string of the molecule is C=C\C=C/C(=C\C)C(/C=C)=N/C(C(=C)Nc1ccc(C)c(/C=C\C)c1)=C(\C)N. The summed E-state index contributed by atoms with van der Waals surface area (Å²) >= 11 is 0. The Bertz CT molecular complexity index is 886. The average Bonchev–Trinajstić information content (AvgIpc) is 2.66. The molecular weight excluding hydrogens is 342 g/mol. The van der Waals surface area contributed by atoms with Gasteiger partial charge in [-0.1, -0.05) is 62.3 Å². The number of rotatable bonds is 9. The third-order valence-electron chi connectivity index (χ3n) is 4.02. The van der Waals surface area contributed by atoms with Gasteiger partial charge in [0.15, 0.2) is 0 Å². The molecule has 1 rings (SSSR count). The second-order valence-electron chi connectivity index (χ2n) is 6.25. The number of hydrogen-bond acceptors (Lipinski definition) is 3. The molecule has 0 heterocycles. The number of nitrogens with two attached hydrogens (primary N) is 1. The average molecular weight is 374 g/mol. The standard InChI is InChI=1S/C25H31N3/c1-8-12-14-21(10-3)24(11-4)28-25(19(6)26)20(7)27-23-16-15-18(5)22(17-23)13-9-2/h8-17,27H,1,4,7,26H2,2-3,5-6H3/b13-9-,14-12-,21-10+,25-19+,28-24+. The molecule has 0 radical (unpaired) electrons. The molecular formula is C25H31N3. The Morgan fingerprint density at radius 2 is 1.93 bits per heavy atom. The van der Waals surface area contributed by atoms with Crippen LogP contribution in [0.4, 0.5) is 5.69 Å². The number of nitrogens with zero attached hydrogens (tertiary/aromatic N) is 1. The molecule has 0 spiro atoms. The number of aryl methyl sites for hydroxylation is 1. The fourth-order valence-corrected chi connectivity index (χ4v) is 2.55. The minimum atomic E-state index is 0.570. The van der Waals surface area contributed by atoms with Crippen molar-refractivity contribution in [1.82, 2.24) is 0 Å². The highest BCUT2D eigenvalue weighted by molar-refractivity contribution is 6.10. The fourth-order valence-electron chi connectivity index (χ4n) is 2.55. The van der Waals surface area contributed by atoms with E-state index in [1.54, 1.807) is 12.2 Å². The second kappa shape index (κ2) is 11.4. The zero-order valence-corrected chi connectivity index (χ0v) is 17.4. The molecule has 0 atom stereocenters. The summed E-state index contributed by atoms with van der Waals surface area (Å²) in [4.78, 5) is 4.71. The monoisotopic (exact) mass is 373 g/mol. The molecule has 1 aromatic rings. The van der Waals surface area contributed by atoms with Gasteiger partial charge in [0.05, 0.1) is 11.4 Å². The van der Waals surface area contributed by atoms with Gasteiger partial charge in [0.1, 0.15) is 5.70 Å². The Hall–Kier alpha value is -3.33. The van der Waals surface area contributed by atoms with E-state index in [4.69, 9.17) is 10.7 Å². The number of benzene rings is 1. The summed E-state index contributed by atoms with van der Waals surface area (Å²) in [5, 5.41) is 3.32. The van der Waals surface area contributed by atoms with E-state index < -0.39 is 0 Å². The topological polar surface area (TPSA) is 50.4 Å². The lowest BCUT2D eigenvalue weighted by Gasteiger charge is -2.14. The van der Waals surface area contributed by atoms with Crippen LogP contribution in [0.5, 0.6) is 0 Å². The zero-order valence-electron chi connectivity index (χ0n) is 17.4. The lowest BCUT2D eigenvalue weighted by molar-refractivity contribution is 1.16. The van der Waals surface area contributed by atoms with Crippen LogP contribution in [0.2, 0.25) is 0 Å². The lowest BCUT2D eigenvalue weighted by Crippen LogP contribution is -2.09. The van der Waals surface area contributed by atoms with Crippen LogP contribution in [-0.2, 0) is 0 Å². The van der Waals surface area contributed by atoms with Crippen molar-refractivity contribution >= 4 is 17.5 Å². The van der Waals surface area contributed by atoms with E-state index in [-0.39, 0.29) is 0 Å². The van der Waals surface area contributed by atoms with Gasteiger partial charge in [-0.15, -0.1) is 0 Å². The highest BCUT2D eigenvalue weighted by Gasteiger charge is 2.09. The predicted molar refractivity (Wildman–Crippen MR) is 126 cm³/mol. The van der Waals surface area contributed by atoms with Crippen molar-refractivity contribution in [1.29, 1.82) is 0 Å². The van der Waals surface area contributed by atoms with Crippen LogP contribution in [0, 0.1) is 6.92 Å². The van der Waals surface area contributed by atoms with Crippen molar-refractivity contribution in [3.63, 3.8) is 0 Å². The minimum absolute atomic E-state index is 0.570. The van der Waals surface area contributed by atoms with Gasteiger partial charge in [-0.3, -0.25) is 0 Å². The van der Waals surface area contributed by atoms with E-state index in [1.807, 2.05) is 51.1 Å². The molecule has 146 valence electrons. The molecule has 0 amide bonds. The van der Waals surface area contributed by atoms with Crippen LogP contribution < -0.4 is 11.1 Å². The van der Waals surface area contributed by atoms with Gasteiger partial charge in [0.2, 0.25) is 0 Å². The van der Waals surface area contributed by atoms with Crippen LogP contribution in [0.1, 0.15) is 31.9 Å². The molecule has 0 fully saturated rings. The van der Waals surface area contributed by atoms with Crippen LogP contribution >= 0.6 is 0 Å². The van der Waals surface area contributed by atoms with Crippen molar-refractivity contribution in [2.45, 2.75) is 27.7 Å². The molecule has 0 unspecified atom stereocenters. The first-order chi connectivity index (χ1) is 13.4. The minimum Gasteiger partial charge on any atom is -0.400 e. The molecule has 0 bridgehead atoms. The maximum atomic E-state index is 6.11. The fraction of sp³-hybridized carbons (Fsp3) is 0.160. The first-order valence-corrected chi connectivity index (χ1v) is 9.20. The lowest BCUT2D eigenvalue weighted by atomic mass is 10.1. The van der Waals surface area contributed by atoms with Gasteiger partial charge in [0.25, 0.3) is 0 Å². The van der Waals surface area contributed by atoms with E-state index in [1.165, 1.54) is 5.56 Å². The van der Waals surface area contributed by atoms with E-state index in [0.29, 0.717) is 22.8 Å². The third-order valence-corrected chi connectivity index (χ3v) is 4.02. The van der Waals surface area contributed by atoms with Gasteiger partial charge >= 0.3 is 0 Å². The molecule has 0 saturated heterocycles. The molecule has 1 aromatic carbocycles. The van der Waals surface area contributed by atoms with E-state index in [9.17, 15) is 0 Å². The van der Waals surface area contributed by atoms with E-state index >= 15 is 0 Å². The van der Waals surface area contributed by atoms with E-state index in [2.05, 4.69) is 50.2 Å². The highest BCUT2D eigenvalue weighted by Crippen LogP contribution is 2.22. The van der Waals surface area contributed by atoms with Gasteiger partial charge in [-0.2, -0.15) is 0 Å². The molecule has 0 aliphatic heterocycles. The molecule has 0 saturated carbocycles. The van der Waals surface area contributed by atoms with Crippen molar-refractivity contribution in [2.75, 3.05) is 5.32 Å². The second-order valence-corrected chi connectivity index (χ2v) is 6.25. The zero-order chi connectivity index (χ0) is 21.1. The number of allylic oxidation sites excluding steroid dienone is 8. The molecule has 3 N–H and O–H groups in total. The van der Waals surface area contributed by atoms with Crippen molar-refractivity contribution < 1.29 is 0 Å². The molecule has 3 heteroatoms. The Morgan fingerprint density at radius 1 is 1.21 bits per heavy atom. The van der Waals surface area contributed by atoms with Crippen LogP contribution in [0.15, 0.2) is 102 Å². The Morgan fingerprint density at radius 3 is 2.46 bits per heavy atom. The smallest absolute Gasteiger partial charge is 0.105 e. The Balaban J connectivity index is 3.25. The quantitative estimate of drug-likeness (QED) is 0.385. The summed E-state index contributed by atoms with van der Waals surface area (Å²) in [6, 6.07) is 6.16. The molecule has 0 aliphatic rings. The maximum Gasteiger partial charge on any atom is 0.105 e. The van der Waals surface area contributed by atoms with E-state index in [0.717, 1.165) is 16.8 Å². The predicted octanol–water partition coefficient (Wildman–Crippen LogP) is 6.46. The first kappa shape index (κ1) is 22.7. The number of aliphatic imine (C=N–C) groups is 1. The van der Waals surface area contributed by atoms with Crippen LogP contribution in [0.25, 0.3) is 6.08 Å².